The van der Waals surface area contributed by atoms with Crippen molar-refractivity contribution in [1.29, 1.82) is 0 Å². The van der Waals surface area contributed by atoms with Crippen LogP contribution in [0, 0.1) is 0 Å². The highest BCUT2D eigenvalue weighted by Crippen LogP contribution is 2.31. The van der Waals surface area contributed by atoms with Crippen molar-refractivity contribution >= 4 is 38.7 Å². The summed E-state index contributed by atoms with van der Waals surface area (Å²) in [5, 5.41) is 24.6. The van der Waals surface area contributed by atoms with Gasteiger partial charge in [-0.05, 0) is 56.1 Å². The number of likely N-dealkylation sites (N-methyl/N-ethyl adjacent to an activating group) is 2. The number of nitrogens with zero attached hydrogens (tertiary/aromatic N) is 3. The molecular weight excluding hydrogens is 548 g/mol. The molecule has 0 aliphatic carbocycles. The lowest BCUT2D eigenvalue weighted by Gasteiger charge is -2.34. The van der Waals surface area contributed by atoms with Crippen LogP contribution in [-0.2, 0) is 6.61 Å². The van der Waals surface area contributed by atoms with Crippen LogP contribution in [0.15, 0.2) is 82.4 Å². The molecule has 42 heavy (non-hydrogen) atoms. The molecule has 4 aromatic rings. The Morgan fingerprint density at radius 3 is 2.67 bits per heavy atom. The third-order valence-corrected chi connectivity index (χ3v) is 8.74. The molecule has 5 rings (SSSR count). The van der Waals surface area contributed by atoms with E-state index in [9.17, 15) is 14.7 Å². The summed E-state index contributed by atoms with van der Waals surface area (Å²) < 4.78 is 1.03. The second-order valence-corrected chi connectivity index (χ2v) is 11.6. The van der Waals surface area contributed by atoms with Gasteiger partial charge in [-0.25, -0.2) is 5.10 Å². The molecule has 0 saturated carbocycles. The van der Waals surface area contributed by atoms with Crippen molar-refractivity contribution in [1.82, 2.24) is 20.0 Å². The zero-order chi connectivity index (χ0) is 29.8. The molecule has 0 atom stereocenters. The number of aliphatic hydroxyl groups excluding tert-OH is 1. The number of amides is 1. The average molecular weight is 585 g/mol. The summed E-state index contributed by atoms with van der Waals surface area (Å²) in [6, 6.07) is 16.7. The molecular formula is C32H36N6O3S. The second-order valence-electron chi connectivity index (χ2n) is 10.6. The molecule has 1 amide bonds. The van der Waals surface area contributed by atoms with Gasteiger partial charge in [0.15, 0.2) is 0 Å². The number of thiophene rings is 1. The summed E-state index contributed by atoms with van der Waals surface area (Å²) in [6.45, 7) is 6.55. The quantitative estimate of drug-likeness (QED) is 0.224. The summed E-state index contributed by atoms with van der Waals surface area (Å²) in [4.78, 5) is 31.1. The average Bonchev–Trinajstić information content (AvgIpc) is 3.44. The SMILES string of the molecule is CCC(C)=C(/C=C1/CN(C)CCN1C)Nc1cc(-c2cccc(NC(=O)c3cc4ccccc4s3)c2CO)n[nH]c1=O. The third-order valence-electron chi connectivity index (χ3n) is 7.62. The Kier molecular flexibility index (Phi) is 8.86. The van der Waals surface area contributed by atoms with Crippen LogP contribution in [0.25, 0.3) is 21.3 Å². The van der Waals surface area contributed by atoms with Crippen LogP contribution in [0.5, 0.6) is 0 Å². The number of carbonyl (C=O) groups excluding carboxylic acids is 1. The number of hydrogen-bond acceptors (Lipinski definition) is 8. The summed E-state index contributed by atoms with van der Waals surface area (Å²) in [7, 11) is 4.18. The van der Waals surface area contributed by atoms with E-state index >= 15 is 0 Å². The molecule has 10 heteroatoms. The van der Waals surface area contributed by atoms with Crippen molar-refractivity contribution in [2.24, 2.45) is 0 Å². The van der Waals surface area contributed by atoms with E-state index in [1.807, 2.05) is 36.4 Å². The van der Waals surface area contributed by atoms with E-state index in [-0.39, 0.29) is 18.1 Å². The van der Waals surface area contributed by atoms with E-state index in [1.165, 1.54) is 11.3 Å². The van der Waals surface area contributed by atoms with Gasteiger partial charge in [-0.3, -0.25) is 14.5 Å². The number of rotatable bonds is 8. The van der Waals surface area contributed by atoms with Gasteiger partial charge in [-0.2, -0.15) is 5.10 Å². The fraction of sp³-hybridized carbons (Fsp3) is 0.281. The van der Waals surface area contributed by atoms with Crippen LogP contribution in [0.3, 0.4) is 0 Å². The van der Waals surface area contributed by atoms with Crippen LogP contribution in [0.2, 0.25) is 0 Å². The fourth-order valence-electron chi connectivity index (χ4n) is 4.89. The van der Waals surface area contributed by atoms with Crippen LogP contribution in [0.4, 0.5) is 11.4 Å². The molecule has 9 nitrogen and oxygen atoms in total. The molecule has 3 heterocycles. The van der Waals surface area contributed by atoms with Crippen LogP contribution >= 0.6 is 11.3 Å². The second kappa shape index (κ2) is 12.7. The minimum absolute atomic E-state index is 0.254. The van der Waals surface area contributed by atoms with E-state index < -0.39 is 0 Å². The number of allylic oxidation sites excluding steroid dienone is 2. The van der Waals surface area contributed by atoms with Gasteiger partial charge < -0.3 is 20.6 Å². The first-order chi connectivity index (χ1) is 20.3. The molecule has 0 radical (unpaired) electrons. The Morgan fingerprint density at radius 2 is 1.90 bits per heavy atom. The Balaban J connectivity index is 1.46. The molecule has 0 unspecified atom stereocenters. The largest absolute Gasteiger partial charge is 0.392 e. The van der Waals surface area contributed by atoms with Crippen molar-refractivity contribution in [2.75, 3.05) is 44.4 Å². The molecule has 218 valence electrons. The molecule has 1 saturated heterocycles. The zero-order valence-corrected chi connectivity index (χ0v) is 25.1. The third kappa shape index (κ3) is 6.30. The predicted octanol–water partition coefficient (Wildman–Crippen LogP) is 5.25. The first-order valence-electron chi connectivity index (χ1n) is 14.0. The van der Waals surface area contributed by atoms with Crippen molar-refractivity contribution < 1.29 is 9.90 Å². The van der Waals surface area contributed by atoms with E-state index in [1.54, 1.807) is 18.2 Å². The number of benzene rings is 2. The number of aromatic amines is 1. The van der Waals surface area contributed by atoms with Gasteiger partial charge >= 0.3 is 0 Å². The lowest BCUT2D eigenvalue weighted by Crippen LogP contribution is -2.40. The molecule has 2 aromatic carbocycles. The zero-order valence-electron chi connectivity index (χ0n) is 24.3. The highest BCUT2D eigenvalue weighted by Gasteiger charge is 2.19. The Morgan fingerprint density at radius 1 is 1.10 bits per heavy atom. The first kappa shape index (κ1) is 29.2. The highest BCUT2D eigenvalue weighted by atomic mass is 32.1. The highest BCUT2D eigenvalue weighted by molar-refractivity contribution is 7.20. The van der Waals surface area contributed by atoms with E-state index in [0.717, 1.165) is 53.1 Å². The summed E-state index contributed by atoms with van der Waals surface area (Å²) in [6.07, 6.45) is 2.93. The smallest absolute Gasteiger partial charge is 0.287 e. The fourth-order valence-corrected chi connectivity index (χ4v) is 5.85. The molecule has 1 aliphatic rings. The summed E-state index contributed by atoms with van der Waals surface area (Å²) in [5.74, 6) is -0.254. The summed E-state index contributed by atoms with van der Waals surface area (Å²) >= 11 is 1.41. The van der Waals surface area contributed by atoms with Crippen molar-refractivity contribution in [2.45, 2.75) is 26.9 Å². The Labute approximate surface area is 249 Å². The van der Waals surface area contributed by atoms with Gasteiger partial charge in [0.05, 0.1) is 17.2 Å². The van der Waals surface area contributed by atoms with Crippen LogP contribution < -0.4 is 16.2 Å². The molecule has 1 aliphatic heterocycles. The molecule has 0 bridgehead atoms. The number of piperazine rings is 1. The van der Waals surface area contributed by atoms with Gasteiger partial charge in [-0.15, -0.1) is 11.3 Å². The van der Waals surface area contributed by atoms with E-state index in [4.69, 9.17) is 0 Å². The number of aliphatic hydroxyl groups is 1. The molecule has 2 aromatic heterocycles. The number of fused-ring (bicyclic) bond motifs is 1. The van der Waals surface area contributed by atoms with Gasteiger partial charge in [-0.1, -0.05) is 42.8 Å². The van der Waals surface area contributed by atoms with Gasteiger partial charge in [0.2, 0.25) is 0 Å². The maximum Gasteiger partial charge on any atom is 0.287 e. The first-order valence-corrected chi connectivity index (χ1v) is 14.8. The molecule has 1 fully saturated rings. The number of carbonyl (C=O) groups is 1. The predicted molar refractivity (Wildman–Crippen MR) is 171 cm³/mol. The summed E-state index contributed by atoms with van der Waals surface area (Å²) in [5.41, 5.74) is 5.19. The van der Waals surface area contributed by atoms with Crippen LogP contribution in [0.1, 0.15) is 35.5 Å². The van der Waals surface area contributed by atoms with Crippen LogP contribution in [-0.4, -0.2) is 64.7 Å². The topological polar surface area (TPSA) is 114 Å². The van der Waals surface area contributed by atoms with Crippen molar-refractivity contribution in [3.8, 4) is 11.3 Å². The number of H-pyrrole nitrogens is 1. The van der Waals surface area contributed by atoms with Gasteiger partial charge in [0.25, 0.3) is 11.5 Å². The van der Waals surface area contributed by atoms with Crippen molar-refractivity contribution in [3.05, 3.63) is 98.4 Å². The van der Waals surface area contributed by atoms with E-state index in [0.29, 0.717) is 33.1 Å². The maximum atomic E-state index is 13.1. The van der Waals surface area contributed by atoms with Gasteiger partial charge in [0, 0.05) is 59.6 Å². The lowest BCUT2D eigenvalue weighted by atomic mass is 10.0. The monoisotopic (exact) mass is 584 g/mol. The molecule has 4 N–H and O–H groups in total. The maximum absolute atomic E-state index is 13.1. The molecule has 0 spiro atoms. The van der Waals surface area contributed by atoms with Crippen molar-refractivity contribution in [3.63, 3.8) is 0 Å². The number of anilines is 2. The minimum Gasteiger partial charge on any atom is -0.392 e. The van der Waals surface area contributed by atoms with Gasteiger partial charge in [0.1, 0.15) is 5.69 Å². The number of aromatic nitrogens is 2. The number of nitrogens with one attached hydrogen (secondary N) is 3. The number of hydrogen-bond donors (Lipinski definition) is 4. The lowest BCUT2D eigenvalue weighted by molar-refractivity contribution is 0.103. The minimum atomic E-state index is -0.354. The standard InChI is InChI=1S/C32H36N6O3S/c1-5-20(2)26(16-22-18-37(3)13-14-38(22)4)33-28-17-27(35-36-31(28)40)23-10-8-11-25(24(23)19-39)34-32(41)30-15-21-9-6-7-12-29(21)42-30/h6-12,15-17,39H,5,13-14,18-19H2,1-4H3,(H,33,35)(H,34,41)(H,36,40)/b22-16-,26-20?. The normalized spacial score (nSPS) is 15.6. The Hall–Kier alpha value is -4.25. The Bertz CT molecular complexity index is 1700. The van der Waals surface area contributed by atoms with E-state index in [2.05, 4.69) is 64.6 Å².